The van der Waals surface area contributed by atoms with Crippen molar-refractivity contribution in [1.82, 2.24) is 4.98 Å². The van der Waals surface area contributed by atoms with Crippen molar-refractivity contribution in [1.29, 1.82) is 0 Å². The number of pyridine rings is 1. The highest BCUT2D eigenvalue weighted by atomic mass is 16.3. The smallest absolute Gasteiger partial charge is 0.102 e. The molecule has 3 heteroatoms. The molecular weight excluding hydrogens is 224 g/mol. The molecule has 0 aliphatic heterocycles. The van der Waals surface area contributed by atoms with E-state index in [1.165, 1.54) is 0 Å². The lowest BCUT2D eigenvalue weighted by Crippen LogP contribution is -2.33. The van der Waals surface area contributed by atoms with Gasteiger partial charge in [-0.25, -0.2) is 0 Å². The van der Waals surface area contributed by atoms with Crippen LogP contribution < -0.4 is 5.73 Å². The number of aliphatic hydroxyl groups is 1. The molecule has 2 unspecified atom stereocenters. The van der Waals surface area contributed by atoms with Gasteiger partial charge in [0.05, 0.1) is 11.2 Å². The number of benzene rings is 1. The van der Waals surface area contributed by atoms with Crippen molar-refractivity contribution in [2.24, 2.45) is 11.1 Å². The van der Waals surface area contributed by atoms with E-state index >= 15 is 0 Å². The van der Waals surface area contributed by atoms with Crippen LogP contribution in [0.1, 0.15) is 32.1 Å². The van der Waals surface area contributed by atoms with Gasteiger partial charge < -0.3 is 10.8 Å². The molecule has 18 heavy (non-hydrogen) atoms. The Morgan fingerprint density at radius 2 is 2.00 bits per heavy atom. The number of nitrogens with zero attached hydrogens (tertiary/aromatic N) is 1. The summed E-state index contributed by atoms with van der Waals surface area (Å²) < 4.78 is 0. The molecule has 96 valence electrons. The lowest BCUT2D eigenvalue weighted by molar-refractivity contribution is 0.0360. The van der Waals surface area contributed by atoms with Crippen LogP contribution in [0.2, 0.25) is 0 Å². The van der Waals surface area contributed by atoms with Crippen molar-refractivity contribution in [2.75, 3.05) is 6.54 Å². The maximum Gasteiger partial charge on any atom is 0.102 e. The summed E-state index contributed by atoms with van der Waals surface area (Å²) in [4.78, 5) is 4.53. The summed E-state index contributed by atoms with van der Waals surface area (Å²) in [5.41, 5.74) is 7.06. The Balaban J connectivity index is 2.42. The zero-order valence-electron chi connectivity index (χ0n) is 10.9. The summed E-state index contributed by atoms with van der Waals surface area (Å²) >= 11 is 0. The molecule has 1 aromatic heterocycles. The highest BCUT2D eigenvalue weighted by Crippen LogP contribution is 2.35. The third-order valence-corrected chi connectivity index (χ3v) is 3.83. The number of hydrogen-bond acceptors (Lipinski definition) is 3. The zero-order chi connectivity index (χ0) is 13.2. The number of nitrogens with two attached hydrogens (primary N) is 1. The van der Waals surface area contributed by atoms with Gasteiger partial charge in [0.1, 0.15) is 6.10 Å². The summed E-state index contributed by atoms with van der Waals surface area (Å²) in [5.74, 6) is 0. The normalized spacial score (nSPS) is 16.4. The third kappa shape index (κ3) is 2.24. The van der Waals surface area contributed by atoms with Gasteiger partial charge in [-0.3, -0.25) is 4.98 Å². The van der Waals surface area contributed by atoms with E-state index in [0.717, 1.165) is 17.3 Å². The highest BCUT2D eigenvalue weighted by molar-refractivity contribution is 5.78. The minimum atomic E-state index is -0.628. The van der Waals surface area contributed by atoms with Crippen molar-refractivity contribution in [2.45, 2.75) is 26.4 Å². The summed E-state index contributed by atoms with van der Waals surface area (Å²) in [6.45, 7) is 4.48. The summed E-state index contributed by atoms with van der Waals surface area (Å²) in [6, 6.07) is 11.8. The van der Waals surface area contributed by atoms with E-state index in [-0.39, 0.29) is 5.41 Å². The van der Waals surface area contributed by atoms with Crippen molar-refractivity contribution in [3.8, 4) is 0 Å². The van der Waals surface area contributed by atoms with E-state index in [2.05, 4.69) is 4.98 Å². The molecule has 0 fully saturated rings. The number of rotatable bonds is 4. The quantitative estimate of drug-likeness (QED) is 0.869. The van der Waals surface area contributed by atoms with E-state index in [1.807, 2.05) is 50.2 Å². The van der Waals surface area contributed by atoms with Crippen LogP contribution in [0.5, 0.6) is 0 Å². The molecule has 0 spiro atoms. The molecule has 0 saturated carbocycles. The molecule has 0 bridgehead atoms. The first-order valence-electron chi connectivity index (χ1n) is 6.34. The molecule has 3 nitrogen and oxygen atoms in total. The lowest BCUT2D eigenvalue weighted by Gasteiger charge is -2.31. The first kappa shape index (κ1) is 13.0. The largest absolute Gasteiger partial charge is 0.386 e. The summed E-state index contributed by atoms with van der Waals surface area (Å²) in [6.07, 6.45) is 0.191. The van der Waals surface area contributed by atoms with Gasteiger partial charge in [-0.05, 0) is 18.6 Å². The van der Waals surface area contributed by atoms with Gasteiger partial charge in [0.2, 0.25) is 0 Å². The fraction of sp³-hybridized carbons (Fsp3) is 0.400. The minimum Gasteiger partial charge on any atom is -0.386 e. The van der Waals surface area contributed by atoms with Gasteiger partial charge in [0.15, 0.2) is 0 Å². The van der Waals surface area contributed by atoms with Crippen LogP contribution in [0.25, 0.3) is 10.9 Å². The predicted octanol–water partition coefficient (Wildman–Crippen LogP) is 2.64. The van der Waals surface area contributed by atoms with Gasteiger partial charge in [-0.15, -0.1) is 0 Å². The summed E-state index contributed by atoms with van der Waals surface area (Å²) in [5, 5.41) is 11.5. The van der Waals surface area contributed by atoms with Gasteiger partial charge in [0, 0.05) is 17.3 Å². The van der Waals surface area contributed by atoms with Crippen molar-refractivity contribution < 1.29 is 5.11 Å². The molecule has 0 amide bonds. The number of hydrogen-bond donors (Lipinski definition) is 2. The first-order valence-corrected chi connectivity index (χ1v) is 6.34. The van der Waals surface area contributed by atoms with E-state index in [0.29, 0.717) is 12.2 Å². The van der Waals surface area contributed by atoms with E-state index in [9.17, 15) is 5.11 Å². The van der Waals surface area contributed by atoms with Crippen molar-refractivity contribution >= 4 is 10.9 Å². The average molecular weight is 244 g/mol. The standard InChI is InChI=1S/C15H20N2O/c1-3-15(2,10-16)14(18)13-9-8-11-6-4-5-7-12(11)17-13/h4-9,14,18H,3,10,16H2,1-2H3. The number of fused-ring (bicyclic) bond motifs is 1. The lowest BCUT2D eigenvalue weighted by atomic mass is 9.80. The minimum absolute atomic E-state index is 0.324. The zero-order valence-corrected chi connectivity index (χ0v) is 10.9. The molecule has 2 aromatic rings. The predicted molar refractivity (Wildman–Crippen MR) is 74.2 cm³/mol. The van der Waals surface area contributed by atoms with Gasteiger partial charge in [-0.2, -0.15) is 0 Å². The van der Waals surface area contributed by atoms with Crippen molar-refractivity contribution in [3.05, 3.63) is 42.1 Å². The monoisotopic (exact) mass is 244 g/mol. The van der Waals surface area contributed by atoms with Crippen molar-refractivity contribution in [3.63, 3.8) is 0 Å². The second-order valence-corrected chi connectivity index (χ2v) is 5.04. The Kier molecular flexibility index (Phi) is 3.64. The SMILES string of the molecule is CCC(C)(CN)C(O)c1ccc2ccccc2n1. The molecule has 2 atom stereocenters. The van der Waals surface area contributed by atoms with Crippen LogP contribution in [0.4, 0.5) is 0 Å². The average Bonchev–Trinajstić information content (AvgIpc) is 2.45. The molecule has 0 radical (unpaired) electrons. The molecule has 0 saturated heterocycles. The highest BCUT2D eigenvalue weighted by Gasteiger charge is 2.31. The fourth-order valence-electron chi connectivity index (χ4n) is 2.04. The van der Waals surface area contributed by atoms with Gasteiger partial charge in [-0.1, -0.05) is 38.1 Å². The second-order valence-electron chi connectivity index (χ2n) is 5.04. The van der Waals surface area contributed by atoms with Crippen LogP contribution in [-0.2, 0) is 0 Å². The molecule has 0 aliphatic rings. The van der Waals surface area contributed by atoms with Crippen LogP contribution in [0.3, 0.4) is 0 Å². The molecular formula is C15H20N2O. The Morgan fingerprint density at radius 3 is 2.67 bits per heavy atom. The summed E-state index contributed by atoms with van der Waals surface area (Å²) in [7, 11) is 0. The molecule has 0 aliphatic carbocycles. The topological polar surface area (TPSA) is 59.1 Å². The van der Waals surface area contributed by atoms with Crippen LogP contribution in [0.15, 0.2) is 36.4 Å². The number of aliphatic hydroxyl groups excluding tert-OH is 1. The maximum absolute atomic E-state index is 10.5. The molecule has 1 heterocycles. The van der Waals surface area contributed by atoms with Crippen LogP contribution in [0, 0.1) is 5.41 Å². The van der Waals surface area contributed by atoms with Crippen LogP contribution >= 0.6 is 0 Å². The molecule has 2 rings (SSSR count). The van der Waals surface area contributed by atoms with Gasteiger partial charge in [0.25, 0.3) is 0 Å². The van der Waals surface area contributed by atoms with Crippen LogP contribution in [-0.4, -0.2) is 16.6 Å². The maximum atomic E-state index is 10.5. The number of aromatic nitrogens is 1. The first-order chi connectivity index (χ1) is 8.60. The molecule has 3 N–H and O–H groups in total. The van der Waals surface area contributed by atoms with E-state index in [4.69, 9.17) is 5.73 Å². The molecule has 1 aromatic carbocycles. The Morgan fingerprint density at radius 1 is 1.28 bits per heavy atom. The number of para-hydroxylation sites is 1. The van der Waals surface area contributed by atoms with E-state index < -0.39 is 6.10 Å². The third-order valence-electron chi connectivity index (χ3n) is 3.83. The second kappa shape index (κ2) is 5.04. The fourth-order valence-corrected chi connectivity index (χ4v) is 2.04. The Hall–Kier alpha value is -1.45. The Labute approximate surface area is 108 Å². The van der Waals surface area contributed by atoms with Gasteiger partial charge >= 0.3 is 0 Å². The van der Waals surface area contributed by atoms with E-state index in [1.54, 1.807) is 0 Å². The Bertz CT molecular complexity index is 535.